The van der Waals surface area contributed by atoms with Crippen molar-refractivity contribution in [2.75, 3.05) is 0 Å². The molecule has 0 saturated carbocycles. The fourth-order valence-electron chi connectivity index (χ4n) is 2.16. The van der Waals surface area contributed by atoms with E-state index in [1.165, 1.54) is 12.1 Å². The average molecular weight is 348 g/mol. The molecule has 2 rings (SSSR count). The number of hydrogen-bond donors (Lipinski definition) is 1. The Morgan fingerprint density at radius 1 is 1.08 bits per heavy atom. The molecule has 0 fully saturated rings. The van der Waals surface area contributed by atoms with E-state index in [-0.39, 0.29) is 11.3 Å². The van der Waals surface area contributed by atoms with E-state index in [2.05, 4.69) is 18.4 Å². The Morgan fingerprint density at radius 3 is 2.21 bits per heavy atom. The van der Waals surface area contributed by atoms with Crippen LogP contribution < -0.4 is 4.52 Å². The summed E-state index contributed by atoms with van der Waals surface area (Å²) in [6.07, 6.45) is 0.893. The normalized spacial score (nSPS) is 13.4. The summed E-state index contributed by atoms with van der Waals surface area (Å²) in [7, 11) is -4.54. The lowest BCUT2D eigenvalue weighted by molar-refractivity contribution is 0.0683. The number of phosphoric ester groups is 1. The highest BCUT2D eigenvalue weighted by Gasteiger charge is 2.28. The molecule has 0 spiro atoms. The van der Waals surface area contributed by atoms with Gasteiger partial charge < -0.3 is 9.05 Å². The Hall–Kier alpha value is -2.10. The lowest BCUT2D eigenvalue weighted by Gasteiger charge is -2.13. The highest BCUT2D eigenvalue weighted by molar-refractivity contribution is 7.48. The molecule has 0 aliphatic heterocycles. The van der Waals surface area contributed by atoms with E-state index in [0.717, 1.165) is 17.5 Å². The Balaban J connectivity index is 2.01. The summed E-state index contributed by atoms with van der Waals surface area (Å²) in [5.74, 6) is -0.237. The van der Waals surface area contributed by atoms with Crippen LogP contribution in [0.1, 0.15) is 35.3 Å². The lowest BCUT2D eigenvalue weighted by Crippen LogP contribution is -2.07. The molecule has 0 bridgehead atoms. The van der Waals surface area contributed by atoms with Crippen molar-refractivity contribution < 1.29 is 23.3 Å². The average Bonchev–Trinajstić information content (AvgIpc) is 2.49. The summed E-state index contributed by atoms with van der Waals surface area (Å²) in [5, 5.41) is 0. The first-order valence-corrected chi connectivity index (χ1v) is 9.16. The lowest BCUT2D eigenvalue weighted by atomic mass is 10.0. The third-order valence-electron chi connectivity index (χ3n) is 3.27. The molecular formula is C18H21O5P. The van der Waals surface area contributed by atoms with E-state index >= 15 is 0 Å². The Kier molecular flexibility index (Phi) is 5.81. The minimum atomic E-state index is -4.54. The van der Waals surface area contributed by atoms with Crippen LogP contribution in [0.25, 0.3) is 0 Å². The van der Waals surface area contributed by atoms with Gasteiger partial charge in [-0.05, 0) is 49.1 Å². The van der Waals surface area contributed by atoms with Gasteiger partial charge in [-0.3, -0.25) is 4.89 Å². The van der Waals surface area contributed by atoms with Crippen molar-refractivity contribution >= 4 is 13.8 Å². The van der Waals surface area contributed by atoms with Gasteiger partial charge in [-0.1, -0.05) is 43.7 Å². The molecule has 0 aromatic heterocycles. The first-order chi connectivity index (χ1) is 11.2. The molecule has 0 aliphatic carbocycles. The molecule has 1 atom stereocenters. The molecule has 2 aromatic rings. The monoisotopic (exact) mass is 348 g/mol. The van der Waals surface area contributed by atoms with Crippen LogP contribution in [0, 0.1) is 12.8 Å². The molecule has 0 aliphatic rings. The molecule has 0 heterocycles. The third kappa shape index (κ3) is 5.52. The number of rotatable bonds is 6. The van der Waals surface area contributed by atoms with Gasteiger partial charge in [0.1, 0.15) is 5.75 Å². The number of carbonyl (C=O) groups excluding carboxylic acids is 1. The smallest absolute Gasteiger partial charge is 0.395 e. The van der Waals surface area contributed by atoms with Crippen LogP contribution in [0.2, 0.25) is 0 Å². The number of aryl methyl sites for hydroxylation is 1. The fourth-order valence-corrected chi connectivity index (χ4v) is 2.90. The topological polar surface area (TPSA) is 72.8 Å². The van der Waals surface area contributed by atoms with Crippen LogP contribution in [-0.4, -0.2) is 10.9 Å². The number of carbonyl (C=O) groups is 1. The highest BCUT2D eigenvalue weighted by atomic mass is 31.2. The Labute approximate surface area is 141 Å². The Morgan fingerprint density at radius 2 is 1.67 bits per heavy atom. The van der Waals surface area contributed by atoms with E-state index in [9.17, 15) is 14.3 Å². The molecule has 5 nitrogen and oxygen atoms in total. The summed E-state index contributed by atoms with van der Waals surface area (Å²) in [4.78, 5) is 21.7. The zero-order valence-corrected chi connectivity index (χ0v) is 14.8. The SMILES string of the molecule is Cc1ccc(OP(=O)(O)OC(=O)c2ccc(CC(C)C)cc2)cc1. The summed E-state index contributed by atoms with van der Waals surface area (Å²) in [6.45, 7) is 6.09. The maximum absolute atomic E-state index is 12.0. The quantitative estimate of drug-likeness (QED) is 0.777. The van der Waals surface area contributed by atoms with Gasteiger partial charge in [0.2, 0.25) is 0 Å². The van der Waals surface area contributed by atoms with Gasteiger partial charge in [0.05, 0.1) is 5.56 Å². The van der Waals surface area contributed by atoms with Gasteiger partial charge in [0.25, 0.3) is 0 Å². The van der Waals surface area contributed by atoms with E-state index in [1.54, 1.807) is 36.4 Å². The predicted molar refractivity (Wildman–Crippen MR) is 92.0 cm³/mol. The first-order valence-electron chi connectivity index (χ1n) is 7.67. The zero-order chi connectivity index (χ0) is 17.7. The number of benzene rings is 2. The second-order valence-corrected chi connectivity index (χ2v) is 7.35. The number of hydrogen-bond acceptors (Lipinski definition) is 4. The number of phosphoric acid groups is 1. The van der Waals surface area contributed by atoms with Crippen LogP contribution in [0.3, 0.4) is 0 Å². The van der Waals surface area contributed by atoms with E-state index in [1.807, 2.05) is 6.92 Å². The second kappa shape index (κ2) is 7.65. The molecule has 1 unspecified atom stereocenters. The van der Waals surface area contributed by atoms with Crippen LogP contribution in [-0.2, 0) is 15.5 Å². The van der Waals surface area contributed by atoms with Crippen molar-refractivity contribution in [2.45, 2.75) is 27.2 Å². The Bertz CT molecular complexity index is 735. The van der Waals surface area contributed by atoms with Crippen molar-refractivity contribution in [3.63, 3.8) is 0 Å². The largest absolute Gasteiger partial charge is 0.587 e. The minimum Gasteiger partial charge on any atom is -0.395 e. The minimum absolute atomic E-state index is 0.159. The molecule has 1 N–H and O–H groups in total. The van der Waals surface area contributed by atoms with E-state index in [0.29, 0.717) is 5.92 Å². The molecule has 2 aromatic carbocycles. The molecule has 0 saturated heterocycles. The summed E-state index contributed by atoms with van der Waals surface area (Å²) >= 11 is 0. The summed E-state index contributed by atoms with van der Waals surface area (Å²) in [5.41, 5.74) is 2.27. The van der Waals surface area contributed by atoms with Gasteiger partial charge in [-0.15, -0.1) is 0 Å². The van der Waals surface area contributed by atoms with Crippen LogP contribution in [0.15, 0.2) is 48.5 Å². The summed E-state index contributed by atoms with van der Waals surface area (Å²) in [6, 6.07) is 13.3. The summed E-state index contributed by atoms with van der Waals surface area (Å²) < 4.78 is 21.5. The van der Waals surface area contributed by atoms with Gasteiger partial charge in [-0.2, -0.15) is 0 Å². The van der Waals surface area contributed by atoms with Gasteiger partial charge in [0, 0.05) is 0 Å². The predicted octanol–water partition coefficient (Wildman–Crippen LogP) is 4.53. The molecular weight excluding hydrogens is 327 g/mol. The maximum Gasteiger partial charge on any atom is 0.587 e. The van der Waals surface area contributed by atoms with Crippen molar-refractivity contribution in [1.29, 1.82) is 0 Å². The zero-order valence-electron chi connectivity index (χ0n) is 13.9. The fraction of sp³-hybridized carbons (Fsp3) is 0.278. The van der Waals surface area contributed by atoms with Crippen molar-refractivity contribution in [3.05, 3.63) is 65.2 Å². The maximum atomic E-state index is 12.0. The van der Waals surface area contributed by atoms with E-state index < -0.39 is 13.8 Å². The molecule has 0 radical (unpaired) electrons. The van der Waals surface area contributed by atoms with Crippen LogP contribution >= 0.6 is 7.82 Å². The van der Waals surface area contributed by atoms with Crippen LogP contribution in [0.5, 0.6) is 5.75 Å². The molecule has 128 valence electrons. The first kappa shape index (κ1) is 18.2. The van der Waals surface area contributed by atoms with Crippen molar-refractivity contribution in [3.8, 4) is 5.75 Å². The van der Waals surface area contributed by atoms with Crippen molar-refractivity contribution in [1.82, 2.24) is 0 Å². The van der Waals surface area contributed by atoms with Crippen molar-refractivity contribution in [2.24, 2.45) is 5.92 Å². The molecule has 0 amide bonds. The van der Waals surface area contributed by atoms with Gasteiger partial charge in [0.15, 0.2) is 0 Å². The highest BCUT2D eigenvalue weighted by Crippen LogP contribution is 2.44. The second-order valence-electron chi connectivity index (χ2n) is 6.05. The molecule has 24 heavy (non-hydrogen) atoms. The van der Waals surface area contributed by atoms with Gasteiger partial charge >= 0.3 is 13.8 Å². The van der Waals surface area contributed by atoms with Crippen LogP contribution in [0.4, 0.5) is 0 Å². The molecule has 6 heteroatoms. The van der Waals surface area contributed by atoms with Gasteiger partial charge in [-0.25, -0.2) is 9.36 Å². The van der Waals surface area contributed by atoms with E-state index in [4.69, 9.17) is 4.52 Å². The third-order valence-corrected chi connectivity index (χ3v) is 4.11. The standard InChI is InChI=1S/C18H21O5P/c1-13(2)12-15-6-8-16(9-7-15)18(19)23-24(20,21)22-17-10-4-14(3)5-11-17/h4-11,13H,12H2,1-3H3,(H,20,21).